The number of anilines is 1. The highest BCUT2D eigenvalue weighted by atomic mass is 16.2. The zero-order valence-electron chi connectivity index (χ0n) is 12.9. The van der Waals surface area contributed by atoms with E-state index in [1.165, 1.54) is 0 Å². The maximum Gasteiger partial charge on any atom is 0.258 e. The second kappa shape index (κ2) is 6.05. The van der Waals surface area contributed by atoms with Crippen molar-refractivity contribution in [2.24, 2.45) is 0 Å². The Kier molecular flexibility index (Phi) is 3.94. The molecule has 0 aliphatic carbocycles. The summed E-state index contributed by atoms with van der Waals surface area (Å²) in [5, 5.41) is 8.99. The first-order chi connectivity index (χ1) is 11.1. The molecule has 0 aromatic heterocycles. The molecular formula is C19H16N2O2. The first-order valence-corrected chi connectivity index (χ1v) is 7.56. The number of rotatable bonds is 2. The van der Waals surface area contributed by atoms with Crippen LogP contribution in [-0.4, -0.2) is 18.2 Å². The van der Waals surface area contributed by atoms with Gasteiger partial charge in [-0.05, 0) is 61.7 Å². The van der Waals surface area contributed by atoms with Crippen LogP contribution in [0.1, 0.15) is 45.2 Å². The Labute approximate surface area is 135 Å². The lowest BCUT2D eigenvalue weighted by molar-refractivity contribution is 0.0984. The number of aryl methyl sites for hydroxylation is 1. The van der Waals surface area contributed by atoms with E-state index in [-0.39, 0.29) is 11.7 Å². The molecule has 2 aromatic carbocycles. The normalized spacial score (nSPS) is 13.1. The van der Waals surface area contributed by atoms with Crippen molar-refractivity contribution in [2.45, 2.75) is 19.8 Å². The third kappa shape index (κ3) is 2.86. The van der Waals surface area contributed by atoms with Crippen LogP contribution in [0.3, 0.4) is 0 Å². The van der Waals surface area contributed by atoms with Gasteiger partial charge < -0.3 is 4.90 Å². The molecule has 3 rings (SSSR count). The quantitative estimate of drug-likeness (QED) is 0.799. The molecule has 0 saturated heterocycles. The molecule has 4 nitrogen and oxygen atoms in total. The van der Waals surface area contributed by atoms with Crippen LogP contribution in [0.15, 0.2) is 42.5 Å². The van der Waals surface area contributed by atoms with E-state index in [0.29, 0.717) is 23.2 Å². The van der Waals surface area contributed by atoms with Gasteiger partial charge >= 0.3 is 0 Å². The molecule has 4 heteroatoms. The number of benzene rings is 2. The lowest BCUT2D eigenvalue weighted by atomic mass is 9.97. The van der Waals surface area contributed by atoms with Crippen LogP contribution in [-0.2, 0) is 6.42 Å². The third-order valence-corrected chi connectivity index (χ3v) is 4.09. The molecule has 1 amide bonds. The molecule has 23 heavy (non-hydrogen) atoms. The molecular weight excluding hydrogens is 288 g/mol. The number of carbonyl (C=O) groups is 2. The average molecular weight is 304 g/mol. The van der Waals surface area contributed by atoms with Gasteiger partial charge in [-0.2, -0.15) is 5.26 Å². The van der Waals surface area contributed by atoms with Crippen molar-refractivity contribution in [3.05, 3.63) is 64.7 Å². The van der Waals surface area contributed by atoms with Crippen LogP contribution in [0.2, 0.25) is 0 Å². The van der Waals surface area contributed by atoms with E-state index < -0.39 is 0 Å². The Hall–Kier alpha value is -2.93. The molecule has 0 bridgehead atoms. The van der Waals surface area contributed by atoms with Crippen molar-refractivity contribution in [3.8, 4) is 6.07 Å². The van der Waals surface area contributed by atoms with Crippen molar-refractivity contribution in [1.82, 2.24) is 0 Å². The number of amides is 1. The molecule has 1 aliphatic heterocycles. The number of nitrogens with zero attached hydrogens (tertiary/aromatic N) is 2. The SMILES string of the molecule is CC(=O)c1ccc2c(c1)CCCN2C(=O)c1cccc(C#N)c1. The summed E-state index contributed by atoms with van der Waals surface area (Å²) in [6, 6.07) is 14.3. The van der Waals surface area contributed by atoms with Crippen LogP contribution in [0.25, 0.3) is 0 Å². The predicted molar refractivity (Wildman–Crippen MR) is 87.6 cm³/mol. The van der Waals surface area contributed by atoms with Gasteiger partial charge in [0, 0.05) is 23.4 Å². The summed E-state index contributed by atoms with van der Waals surface area (Å²) < 4.78 is 0. The number of Topliss-reactive ketones (excluding diaryl/α,β-unsaturated/α-hetero) is 1. The highest BCUT2D eigenvalue weighted by molar-refractivity contribution is 6.07. The Balaban J connectivity index is 1.98. The van der Waals surface area contributed by atoms with Crippen molar-refractivity contribution in [2.75, 3.05) is 11.4 Å². The molecule has 0 unspecified atom stereocenters. The van der Waals surface area contributed by atoms with Crippen molar-refractivity contribution in [3.63, 3.8) is 0 Å². The molecule has 1 heterocycles. The van der Waals surface area contributed by atoms with Crippen LogP contribution in [0, 0.1) is 11.3 Å². The second-order valence-electron chi connectivity index (χ2n) is 5.65. The van der Waals surface area contributed by atoms with Gasteiger partial charge in [-0.15, -0.1) is 0 Å². The summed E-state index contributed by atoms with van der Waals surface area (Å²) in [6.07, 6.45) is 1.72. The predicted octanol–water partition coefficient (Wildman–Crippen LogP) is 3.35. The average Bonchev–Trinajstić information content (AvgIpc) is 2.60. The molecule has 0 spiro atoms. The lowest BCUT2D eigenvalue weighted by Gasteiger charge is -2.30. The van der Waals surface area contributed by atoms with E-state index in [1.54, 1.807) is 42.2 Å². The van der Waals surface area contributed by atoms with E-state index in [9.17, 15) is 9.59 Å². The van der Waals surface area contributed by atoms with Gasteiger partial charge in [0.05, 0.1) is 11.6 Å². The zero-order chi connectivity index (χ0) is 16.4. The number of carbonyl (C=O) groups excluding carboxylic acids is 2. The highest BCUT2D eigenvalue weighted by Gasteiger charge is 2.24. The van der Waals surface area contributed by atoms with Gasteiger partial charge in [0.1, 0.15) is 0 Å². The van der Waals surface area contributed by atoms with Crippen LogP contribution < -0.4 is 4.90 Å². The van der Waals surface area contributed by atoms with E-state index >= 15 is 0 Å². The fourth-order valence-corrected chi connectivity index (χ4v) is 2.90. The Morgan fingerprint density at radius 2 is 1.96 bits per heavy atom. The van der Waals surface area contributed by atoms with Crippen molar-refractivity contribution < 1.29 is 9.59 Å². The Morgan fingerprint density at radius 1 is 1.13 bits per heavy atom. The van der Waals surface area contributed by atoms with Crippen molar-refractivity contribution >= 4 is 17.4 Å². The Morgan fingerprint density at radius 3 is 2.70 bits per heavy atom. The molecule has 2 aromatic rings. The summed E-state index contributed by atoms with van der Waals surface area (Å²) in [5.41, 5.74) is 3.53. The van der Waals surface area contributed by atoms with E-state index in [1.807, 2.05) is 12.1 Å². The van der Waals surface area contributed by atoms with E-state index in [2.05, 4.69) is 6.07 Å². The van der Waals surface area contributed by atoms with Crippen molar-refractivity contribution in [1.29, 1.82) is 5.26 Å². The van der Waals surface area contributed by atoms with Gasteiger partial charge in [0.2, 0.25) is 0 Å². The highest BCUT2D eigenvalue weighted by Crippen LogP contribution is 2.29. The number of hydrogen-bond donors (Lipinski definition) is 0. The standard InChI is InChI=1S/C19H16N2O2/c1-13(22)15-7-8-18-16(11-15)6-3-9-21(18)19(23)17-5-2-4-14(10-17)12-20/h2,4-5,7-8,10-11H,3,6,9H2,1H3. The Bertz CT molecular complexity index is 834. The summed E-state index contributed by atoms with van der Waals surface area (Å²) in [4.78, 5) is 26.1. The summed E-state index contributed by atoms with van der Waals surface area (Å²) in [7, 11) is 0. The topological polar surface area (TPSA) is 61.2 Å². The molecule has 1 aliphatic rings. The maximum atomic E-state index is 12.8. The minimum atomic E-state index is -0.112. The number of hydrogen-bond acceptors (Lipinski definition) is 3. The maximum absolute atomic E-state index is 12.8. The fraction of sp³-hybridized carbons (Fsp3) is 0.211. The van der Waals surface area contributed by atoms with Gasteiger partial charge in [-0.3, -0.25) is 9.59 Å². The molecule has 0 saturated carbocycles. The molecule has 0 N–H and O–H groups in total. The zero-order valence-corrected chi connectivity index (χ0v) is 12.9. The minimum Gasteiger partial charge on any atom is -0.308 e. The molecule has 0 atom stereocenters. The third-order valence-electron chi connectivity index (χ3n) is 4.09. The largest absolute Gasteiger partial charge is 0.308 e. The summed E-state index contributed by atoms with van der Waals surface area (Å²) in [5.74, 6) is -0.0865. The first kappa shape index (κ1) is 15.0. The number of ketones is 1. The number of fused-ring (bicyclic) bond motifs is 1. The van der Waals surface area contributed by atoms with Crippen LogP contribution >= 0.6 is 0 Å². The minimum absolute atomic E-state index is 0.0259. The lowest BCUT2D eigenvalue weighted by Crippen LogP contribution is -2.35. The van der Waals surface area contributed by atoms with Gasteiger partial charge in [0.15, 0.2) is 5.78 Å². The molecule has 0 fully saturated rings. The fourth-order valence-electron chi connectivity index (χ4n) is 2.90. The molecule has 114 valence electrons. The van der Waals surface area contributed by atoms with E-state index in [0.717, 1.165) is 24.1 Å². The second-order valence-corrected chi connectivity index (χ2v) is 5.65. The monoisotopic (exact) mass is 304 g/mol. The van der Waals surface area contributed by atoms with Gasteiger partial charge in [-0.25, -0.2) is 0 Å². The van der Waals surface area contributed by atoms with E-state index in [4.69, 9.17) is 5.26 Å². The van der Waals surface area contributed by atoms with Gasteiger partial charge in [-0.1, -0.05) is 6.07 Å². The molecule has 0 radical (unpaired) electrons. The van der Waals surface area contributed by atoms with Crippen LogP contribution in [0.5, 0.6) is 0 Å². The summed E-state index contributed by atoms with van der Waals surface area (Å²) in [6.45, 7) is 2.18. The van der Waals surface area contributed by atoms with Crippen LogP contribution in [0.4, 0.5) is 5.69 Å². The number of nitriles is 1. The first-order valence-electron chi connectivity index (χ1n) is 7.56. The van der Waals surface area contributed by atoms with Gasteiger partial charge in [0.25, 0.3) is 5.91 Å². The summed E-state index contributed by atoms with van der Waals surface area (Å²) >= 11 is 0. The smallest absolute Gasteiger partial charge is 0.258 e.